The smallest absolute Gasteiger partial charge is 0.306 e. The van der Waals surface area contributed by atoms with Crippen LogP contribution in [0.25, 0.3) is 0 Å². The third-order valence-corrected chi connectivity index (χ3v) is 9.37. The number of fused-ring (bicyclic) bond motifs is 5. The first-order valence-electron chi connectivity index (χ1n) is 9.88. The zero-order valence-corrected chi connectivity index (χ0v) is 20.7. The van der Waals surface area contributed by atoms with Gasteiger partial charge in [-0.3, -0.25) is 14.9 Å². The number of imide groups is 1. The van der Waals surface area contributed by atoms with Gasteiger partial charge in [0.1, 0.15) is 17.1 Å². The van der Waals surface area contributed by atoms with E-state index >= 15 is 0 Å². The molecular weight excluding hydrogens is 601 g/mol. The van der Waals surface area contributed by atoms with Crippen LogP contribution in [-0.4, -0.2) is 59.2 Å². The molecule has 3 atom stereocenters. The molecule has 3 aliphatic rings. The third-order valence-electron chi connectivity index (χ3n) is 6.27. The Morgan fingerprint density at radius 1 is 1.21 bits per heavy atom. The Morgan fingerprint density at radius 3 is 2.59 bits per heavy atom. The number of urea groups is 1. The van der Waals surface area contributed by atoms with E-state index < -0.39 is 50.7 Å². The number of nitro benzene ring substituents is 1. The zero-order valence-electron chi connectivity index (χ0n) is 17.0. The molecule has 3 aliphatic heterocycles. The standard InChI is InChI=1S/C20H13ClIN5O6S/c21-14-4-3-13(7-16(14)27(30)31)34(32,33)24-9-12-6-17(24)18-19(28)26(20(29)25(12)18)11-2-1-10(8-23)15(22)5-11/h1-5,7,12,17-18H,6,9H2/t12-,17-,18+/m0/s1. The lowest BCUT2D eigenvalue weighted by Gasteiger charge is -2.34. The molecule has 14 heteroatoms. The molecule has 2 aromatic rings. The summed E-state index contributed by atoms with van der Waals surface area (Å²) in [4.78, 5) is 39.0. The van der Waals surface area contributed by atoms with Crippen LogP contribution >= 0.6 is 34.2 Å². The van der Waals surface area contributed by atoms with Gasteiger partial charge < -0.3 is 4.90 Å². The van der Waals surface area contributed by atoms with E-state index in [9.17, 15) is 28.1 Å². The Labute approximate surface area is 211 Å². The van der Waals surface area contributed by atoms with Crippen molar-refractivity contribution in [2.75, 3.05) is 11.4 Å². The zero-order chi connectivity index (χ0) is 24.5. The maximum absolute atomic E-state index is 13.4. The van der Waals surface area contributed by atoms with Crippen LogP contribution in [0.5, 0.6) is 0 Å². The molecule has 5 rings (SSSR count). The summed E-state index contributed by atoms with van der Waals surface area (Å²) in [6.07, 6.45) is 0.288. The first-order chi connectivity index (χ1) is 16.1. The van der Waals surface area contributed by atoms with Crippen LogP contribution in [0.4, 0.5) is 16.2 Å². The molecular formula is C20H13ClIN5O6S. The van der Waals surface area contributed by atoms with Crippen molar-refractivity contribution < 1.29 is 22.9 Å². The van der Waals surface area contributed by atoms with Gasteiger partial charge in [-0.25, -0.2) is 18.1 Å². The highest BCUT2D eigenvalue weighted by Gasteiger charge is 2.64. The highest BCUT2D eigenvalue weighted by Crippen LogP contribution is 2.45. The Bertz CT molecular complexity index is 1440. The summed E-state index contributed by atoms with van der Waals surface area (Å²) in [7, 11) is -4.20. The van der Waals surface area contributed by atoms with E-state index in [2.05, 4.69) is 0 Å². The molecule has 0 radical (unpaired) electrons. The molecule has 0 N–H and O–H groups in total. The van der Waals surface area contributed by atoms with Gasteiger partial charge in [0.05, 0.1) is 27.1 Å². The lowest BCUT2D eigenvalue weighted by Crippen LogP contribution is -2.54. The number of sulfonamides is 1. The number of rotatable bonds is 4. The van der Waals surface area contributed by atoms with Crippen molar-refractivity contribution in [1.29, 1.82) is 5.26 Å². The van der Waals surface area contributed by atoms with Gasteiger partial charge in [-0.1, -0.05) is 11.6 Å². The molecule has 0 aromatic heterocycles. The molecule has 3 saturated heterocycles. The van der Waals surface area contributed by atoms with Gasteiger partial charge in [0.15, 0.2) is 0 Å². The van der Waals surface area contributed by atoms with Crippen LogP contribution in [0.1, 0.15) is 12.0 Å². The van der Waals surface area contributed by atoms with Crippen LogP contribution in [0, 0.1) is 25.0 Å². The second kappa shape index (κ2) is 7.87. The van der Waals surface area contributed by atoms with Crippen molar-refractivity contribution in [1.82, 2.24) is 9.21 Å². The van der Waals surface area contributed by atoms with Gasteiger partial charge in [0.25, 0.3) is 11.6 Å². The van der Waals surface area contributed by atoms with Crippen LogP contribution < -0.4 is 4.90 Å². The molecule has 3 amide bonds. The summed E-state index contributed by atoms with van der Waals surface area (Å²) in [5.74, 6) is -0.556. The van der Waals surface area contributed by atoms with Crippen LogP contribution in [0.3, 0.4) is 0 Å². The number of halogens is 2. The van der Waals surface area contributed by atoms with Crippen molar-refractivity contribution in [2.45, 2.75) is 29.4 Å². The SMILES string of the molecule is N#Cc1ccc(N2C(=O)[C@H]3[C@@H]4C[C@@H](CN4S(=O)(=O)c4ccc(Cl)c([N+](=O)[O-])c4)N3C2=O)cc1I. The Hall–Kier alpha value is -2.80. The highest BCUT2D eigenvalue weighted by atomic mass is 127. The number of carbonyl (C=O) groups excluding carboxylic acids is 2. The van der Waals surface area contributed by atoms with Gasteiger partial charge in [-0.15, -0.1) is 0 Å². The fourth-order valence-corrected chi connectivity index (χ4v) is 7.29. The highest BCUT2D eigenvalue weighted by molar-refractivity contribution is 14.1. The summed E-state index contributed by atoms with van der Waals surface area (Å²) in [6, 6.07) is 6.96. The third kappa shape index (κ3) is 3.20. The summed E-state index contributed by atoms with van der Waals surface area (Å²) in [6.45, 7) is -0.0301. The molecule has 2 aromatic carbocycles. The van der Waals surface area contributed by atoms with Gasteiger partial charge in [0.2, 0.25) is 10.0 Å². The lowest BCUT2D eigenvalue weighted by molar-refractivity contribution is -0.384. The number of nitrogens with zero attached hydrogens (tertiary/aromatic N) is 5. The average molecular weight is 614 g/mol. The normalized spacial score (nSPS) is 24.0. The van der Waals surface area contributed by atoms with E-state index in [4.69, 9.17) is 16.9 Å². The first-order valence-corrected chi connectivity index (χ1v) is 12.8. The Morgan fingerprint density at radius 2 is 1.94 bits per heavy atom. The van der Waals surface area contributed by atoms with Crippen molar-refractivity contribution in [3.8, 4) is 6.07 Å². The van der Waals surface area contributed by atoms with E-state index in [1.807, 2.05) is 28.7 Å². The molecule has 0 unspecified atom stereocenters. The number of nitriles is 1. The fourth-order valence-electron chi connectivity index (χ4n) is 4.79. The minimum absolute atomic E-state index is 0.0301. The average Bonchev–Trinajstić information content (AvgIpc) is 3.45. The molecule has 174 valence electrons. The Balaban J connectivity index is 1.48. The van der Waals surface area contributed by atoms with Crippen molar-refractivity contribution >= 4 is 67.5 Å². The molecule has 0 spiro atoms. The second-order valence-electron chi connectivity index (χ2n) is 7.99. The summed E-state index contributed by atoms with van der Waals surface area (Å²) >= 11 is 7.75. The van der Waals surface area contributed by atoms with Gasteiger partial charge >= 0.3 is 6.03 Å². The van der Waals surface area contributed by atoms with Crippen LogP contribution in [0.2, 0.25) is 5.02 Å². The Kier molecular flexibility index (Phi) is 5.32. The molecule has 0 aliphatic carbocycles. The number of hydrogen-bond donors (Lipinski definition) is 0. The number of carbonyl (C=O) groups is 2. The molecule has 34 heavy (non-hydrogen) atoms. The van der Waals surface area contributed by atoms with Crippen molar-refractivity contribution in [2.24, 2.45) is 0 Å². The summed E-state index contributed by atoms with van der Waals surface area (Å²) in [5.41, 5.74) is 0.163. The number of amides is 3. The van der Waals surface area contributed by atoms with Crippen molar-refractivity contribution in [3.05, 3.63) is 60.7 Å². The number of piperazine rings is 1. The predicted molar refractivity (Wildman–Crippen MR) is 127 cm³/mol. The van der Waals surface area contributed by atoms with E-state index in [1.165, 1.54) is 23.1 Å². The number of hydrogen-bond acceptors (Lipinski definition) is 7. The quantitative estimate of drug-likeness (QED) is 0.223. The number of benzene rings is 2. The molecule has 3 fully saturated rings. The monoisotopic (exact) mass is 613 g/mol. The molecule has 11 nitrogen and oxygen atoms in total. The molecule has 0 saturated carbocycles. The maximum Gasteiger partial charge on any atom is 0.332 e. The maximum atomic E-state index is 13.4. The fraction of sp³-hybridized carbons (Fsp3) is 0.250. The second-order valence-corrected chi connectivity index (χ2v) is 11.4. The first kappa shape index (κ1) is 23.0. The summed E-state index contributed by atoms with van der Waals surface area (Å²) < 4.78 is 28.4. The van der Waals surface area contributed by atoms with E-state index in [0.29, 0.717) is 14.8 Å². The van der Waals surface area contributed by atoms with E-state index in [1.54, 1.807) is 6.07 Å². The molecule has 3 heterocycles. The van der Waals surface area contributed by atoms with Gasteiger partial charge in [0, 0.05) is 22.2 Å². The number of anilines is 1. The largest absolute Gasteiger partial charge is 0.332 e. The topological polar surface area (TPSA) is 145 Å². The minimum atomic E-state index is -4.20. The number of nitro groups is 1. The van der Waals surface area contributed by atoms with Crippen LogP contribution in [0.15, 0.2) is 41.3 Å². The molecule has 2 bridgehead atoms. The summed E-state index contributed by atoms with van der Waals surface area (Å²) in [5, 5.41) is 20.2. The predicted octanol–water partition coefficient (Wildman–Crippen LogP) is 2.71. The lowest BCUT2D eigenvalue weighted by atomic mass is 10.1. The van der Waals surface area contributed by atoms with Gasteiger partial charge in [-0.2, -0.15) is 9.57 Å². The minimum Gasteiger partial charge on any atom is -0.306 e. The van der Waals surface area contributed by atoms with E-state index in [-0.39, 0.29) is 22.9 Å². The van der Waals surface area contributed by atoms with E-state index in [0.717, 1.165) is 21.3 Å². The van der Waals surface area contributed by atoms with Crippen LogP contribution in [-0.2, 0) is 14.8 Å². The van der Waals surface area contributed by atoms with Gasteiger partial charge in [-0.05, 0) is 59.3 Å². The van der Waals surface area contributed by atoms with Crippen molar-refractivity contribution in [3.63, 3.8) is 0 Å².